The molecule has 0 atom stereocenters. The highest BCUT2D eigenvalue weighted by molar-refractivity contribution is 7.15. The number of nitrogens with zero attached hydrogens (tertiary/aromatic N) is 1. The van der Waals surface area contributed by atoms with Crippen LogP contribution in [0, 0.1) is 13.8 Å². The topological polar surface area (TPSA) is 42.0 Å². The van der Waals surface area contributed by atoms with Crippen molar-refractivity contribution in [2.45, 2.75) is 40.0 Å². The van der Waals surface area contributed by atoms with Crippen molar-refractivity contribution in [1.82, 2.24) is 10.3 Å². The van der Waals surface area contributed by atoms with Crippen molar-refractivity contribution in [3.63, 3.8) is 0 Å². The molecule has 21 heavy (non-hydrogen) atoms. The maximum absolute atomic E-state index is 11.9. The van der Waals surface area contributed by atoms with E-state index in [1.807, 2.05) is 13.0 Å². The van der Waals surface area contributed by atoms with Crippen LogP contribution in [0.2, 0.25) is 0 Å². The van der Waals surface area contributed by atoms with Gasteiger partial charge in [0.1, 0.15) is 5.01 Å². The van der Waals surface area contributed by atoms with Gasteiger partial charge >= 0.3 is 0 Å². The second kappa shape index (κ2) is 7.36. The molecule has 0 aliphatic rings. The number of carbonyl (C=O) groups is 1. The van der Waals surface area contributed by atoms with Crippen LogP contribution in [0.1, 0.15) is 35.9 Å². The lowest BCUT2D eigenvalue weighted by Gasteiger charge is -2.02. The van der Waals surface area contributed by atoms with Crippen LogP contribution < -0.4 is 5.32 Å². The molecule has 0 bridgehead atoms. The number of carbonyl (C=O) groups excluding carboxylic acids is 1. The second-order valence-electron chi connectivity index (χ2n) is 5.28. The molecule has 0 aliphatic heterocycles. The molecule has 2 aromatic rings. The monoisotopic (exact) mass is 302 g/mol. The fraction of sp³-hybridized carbons (Fsp3) is 0.412. The van der Waals surface area contributed by atoms with Gasteiger partial charge in [0.2, 0.25) is 5.91 Å². The molecule has 0 radical (unpaired) electrons. The summed E-state index contributed by atoms with van der Waals surface area (Å²) >= 11 is 1.62. The highest BCUT2D eigenvalue weighted by Gasteiger charge is 2.12. The van der Waals surface area contributed by atoms with E-state index in [9.17, 15) is 4.79 Å². The number of nitrogens with one attached hydrogen (secondary N) is 1. The number of benzene rings is 1. The third-order valence-corrected chi connectivity index (χ3v) is 4.54. The van der Waals surface area contributed by atoms with Crippen LogP contribution in [0.15, 0.2) is 24.3 Å². The van der Waals surface area contributed by atoms with Gasteiger partial charge in [0.15, 0.2) is 0 Å². The molecule has 0 saturated carbocycles. The Morgan fingerprint density at radius 2 is 2.14 bits per heavy atom. The molecule has 1 N–H and O–H groups in total. The lowest BCUT2D eigenvalue weighted by atomic mass is 10.1. The largest absolute Gasteiger partial charge is 0.356 e. The van der Waals surface area contributed by atoms with Crippen LogP contribution in [-0.2, 0) is 11.2 Å². The molecular weight excluding hydrogens is 280 g/mol. The zero-order valence-electron chi connectivity index (χ0n) is 12.9. The summed E-state index contributed by atoms with van der Waals surface area (Å²) in [4.78, 5) is 17.6. The number of hydrogen-bond acceptors (Lipinski definition) is 3. The molecule has 0 aliphatic carbocycles. The van der Waals surface area contributed by atoms with Gasteiger partial charge in [0.05, 0.1) is 12.1 Å². The molecule has 112 valence electrons. The van der Waals surface area contributed by atoms with E-state index < -0.39 is 0 Å². The van der Waals surface area contributed by atoms with Crippen molar-refractivity contribution in [2.75, 3.05) is 6.54 Å². The molecule has 0 unspecified atom stereocenters. The van der Waals surface area contributed by atoms with E-state index in [0.717, 1.165) is 40.5 Å². The number of rotatable bonds is 6. The van der Waals surface area contributed by atoms with Crippen LogP contribution in [0.4, 0.5) is 0 Å². The van der Waals surface area contributed by atoms with E-state index in [0.29, 0.717) is 6.42 Å². The molecule has 1 aromatic heterocycles. The number of aryl methyl sites for hydroxylation is 2. The van der Waals surface area contributed by atoms with Crippen LogP contribution >= 0.6 is 11.3 Å². The summed E-state index contributed by atoms with van der Waals surface area (Å²) in [6, 6.07) is 8.31. The first-order chi connectivity index (χ1) is 10.1. The van der Waals surface area contributed by atoms with Crippen molar-refractivity contribution in [3.8, 4) is 10.6 Å². The zero-order valence-corrected chi connectivity index (χ0v) is 13.7. The van der Waals surface area contributed by atoms with Crippen molar-refractivity contribution < 1.29 is 4.79 Å². The smallest absolute Gasteiger partial charge is 0.225 e. The van der Waals surface area contributed by atoms with Crippen LogP contribution in [0.5, 0.6) is 0 Å². The number of unbranched alkanes of at least 4 members (excludes halogenated alkanes) is 1. The molecule has 3 nitrogen and oxygen atoms in total. The maximum Gasteiger partial charge on any atom is 0.225 e. The van der Waals surface area contributed by atoms with Gasteiger partial charge in [-0.2, -0.15) is 0 Å². The highest BCUT2D eigenvalue weighted by atomic mass is 32.1. The minimum Gasteiger partial charge on any atom is -0.356 e. The highest BCUT2D eigenvalue weighted by Crippen LogP contribution is 2.28. The molecule has 2 rings (SSSR count). The zero-order chi connectivity index (χ0) is 15.2. The van der Waals surface area contributed by atoms with Crippen molar-refractivity contribution in [2.24, 2.45) is 0 Å². The first kappa shape index (κ1) is 15.7. The Morgan fingerprint density at radius 1 is 1.33 bits per heavy atom. The van der Waals surface area contributed by atoms with E-state index in [2.05, 4.69) is 42.3 Å². The Balaban J connectivity index is 2.07. The van der Waals surface area contributed by atoms with Gasteiger partial charge in [0.25, 0.3) is 0 Å². The Bertz CT molecular complexity index is 619. The van der Waals surface area contributed by atoms with E-state index in [4.69, 9.17) is 0 Å². The Kier molecular flexibility index (Phi) is 5.51. The van der Waals surface area contributed by atoms with Crippen LogP contribution in [-0.4, -0.2) is 17.4 Å². The lowest BCUT2D eigenvalue weighted by Crippen LogP contribution is -2.25. The summed E-state index contributed by atoms with van der Waals surface area (Å²) in [6.45, 7) is 6.93. The van der Waals surface area contributed by atoms with E-state index in [-0.39, 0.29) is 5.91 Å². The summed E-state index contributed by atoms with van der Waals surface area (Å²) in [5.74, 6) is 0.0889. The van der Waals surface area contributed by atoms with Crippen LogP contribution in [0.3, 0.4) is 0 Å². The summed E-state index contributed by atoms with van der Waals surface area (Å²) in [5, 5.41) is 3.95. The molecule has 1 aromatic carbocycles. The summed E-state index contributed by atoms with van der Waals surface area (Å²) < 4.78 is 0. The average molecular weight is 302 g/mol. The van der Waals surface area contributed by atoms with Crippen molar-refractivity contribution >= 4 is 17.2 Å². The van der Waals surface area contributed by atoms with Gasteiger partial charge in [-0.1, -0.05) is 37.1 Å². The minimum absolute atomic E-state index is 0.0889. The number of thiazole rings is 1. The first-order valence-electron chi connectivity index (χ1n) is 7.40. The van der Waals surface area contributed by atoms with Gasteiger partial charge in [-0.3, -0.25) is 4.79 Å². The van der Waals surface area contributed by atoms with E-state index >= 15 is 0 Å². The first-order valence-corrected chi connectivity index (χ1v) is 8.22. The normalized spacial score (nSPS) is 10.6. The summed E-state index contributed by atoms with van der Waals surface area (Å²) in [6.07, 6.45) is 2.55. The maximum atomic E-state index is 11.9. The van der Waals surface area contributed by atoms with Gasteiger partial charge in [-0.15, -0.1) is 11.3 Å². The summed E-state index contributed by atoms with van der Waals surface area (Å²) in [7, 11) is 0. The minimum atomic E-state index is 0.0889. The molecule has 4 heteroatoms. The number of amides is 1. The summed E-state index contributed by atoms with van der Waals surface area (Å²) in [5.41, 5.74) is 3.31. The number of aromatic nitrogens is 1. The lowest BCUT2D eigenvalue weighted by molar-refractivity contribution is -0.120. The third-order valence-electron chi connectivity index (χ3n) is 3.33. The number of hydrogen-bond donors (Lipinski definition) is 1. The standard InChI is InChI=1S/C17H22N2OS/c1-4-5-9-18-16(20)11-15-13(3)19-17(21-15)14-8-6-7-12(2)10-14/h6-8,10H,4-5,9,11H2,1-3H3,(H,18,20). The molecule has 1 amide bonds. The molecule has 1 heterocycles. The van der Waals surface area contributed by atoms with Gasteiger partial charge in [-0.25, -0.2) is 4.98 Å². The van der Waals surface area contributed by atoms with Gasteiger partial charge in [-0.05, 0) is 26.3 Å². The second-order valence-corrected chi connectivity index (χ2v) is 6.36. The van der Waals surface area contributed by atoms with Crippen molar-refractivity contribution in [3.05, 3.63) is 40.4 Å². The predicted octanol–water partition coefficient (Wildman–Crippen LogP) is 3.89. The molecule has 0 fully saturated rings. The van der Waals surface area contributed by atoms with Crippen LogP contribution in [0.25, 0.3) is 10.6 Å². The molecular formula is C17H22N2OS. The quantitative estimate of drug-likeness (QED) is 0.823. The Labute approximate surface area is 130 Å². The van der Waals surface area contributed by atoms with Gasteiger partial charge in [0, 0.05) is 17.0 Å². The van der Waals surface area contributed by atoms with Crippen molar-refractivity contribution in [1.29, 1.82) is 0 Å². The predicted molar refractivity (Wildman–Crippen MR) is 88.6 cm³/mol. The SMILES string of the molecule is CCCCNC(=O)Cc1sc(-c2cccc(C)c2)nc1C. The van der Waals surface area contributed by atoms with E-state index in [1.165, 1.54) is 5.56 Å². The third kappa shape index (κ3) is 4.39. The van der Waals surface area contributed by atoms with Gasteiger partial charge < -0.3 is 5.32 Å². The fourth-order valence-corrected chi connectivity index (χ4v) is 3.16. The molecule has 0 saturated heterocycles. The average Bonchev–Trinajstić information content (AvgIpc) is 2.80. The Hall–Kier alpha value is -1.68. The molecule has 0 spiro atoms. The Morgan fingerprint density at radius 3 is 2.86 bits per heavy atom. The fourth-order valence-electron chi connectivity index (χ4n) is 2.11. The van der Waals surface area contributed by atoms with E-state index in [1.54, 1.807) is 11.3 Å².